The van der Waals surface area contributed by atoms with Gasteiger partial charge in [0.15, 0.2) is 0 Å². The maximum Gasteiger partial charge on any atom is 0.257 e. The number of halogens is 1. The number of hydrogen-bond acceptors (Lipinski definition) is 6. The second kappa shape index (κ2) is 9.07. The van der Waals surface area contributed by atoms with Crippen LogP contribution in [0.3, 0.4) is 0 Å². The van der Waals surface area contributed by atoms with Crippen molar-refractivity contribution < 1.29 is 9.21 Å². The average Bonchev–Trinajstić information content (AvgIpc) is 3.28. The van der Waals surface area contributed by atoms with E-state index in [1.165, 1.54) is 0 Å². The molecule has 0 fully saturated rings. The number of carbonyl (C=O) groups is 1. The number of para-hydroxylation sites is 1. The van der Waals surface area contributed by atoms with Crippen molar-refractivity contribution in [3.63, 3.8) is 0 Å². The van der Waals surface area contributed by atoms with Crippen molar-refractivity contribution >= 4 is 38.9 Å². The largest absolute Gasteiger partial charge is 0.419 e. The van der Waals surface area contributed by atoms with Crippen LogP contribution in [0, 0.1) is 0 Å². The second-order valence-corrected chi connectivity index (χ2v) is 7.52. The Hall–Kier alpha value is -2.03. The molecule has 2 heterocycles. The number of rotatable bonds is 8. The van der Waals surface area contributed by atoms with E-state index in [0.29, 0.717) is 18.3 Å². The molecule has 0 atom stereocenters. The Kier molecular flexibility index (Phi) is 6.54. The maximum atomic E-state index is 12.4. The fourth-order valence-electron chi connectivity index (χ4n) is 2.49. The molecule has 0 saturated carbocycles. The van der Waals surface area contributed by atoms with Gasteiger partial charge in [0.1, 0.15) is 0 Å². The SMILES string of the molecule is CCCN(CC(=O)Nc1ccccc1Br)Cc1nnc(-c2cccs2)o1. The van der Waals surface area contributed by atoms with Gasteiger partial charge in [0.2, 0.25) is 11.8 Å². The summed E-state index contributed by atoms with van der Waals surface area (Å²) in [4.78, 5) is 15.3. The van der Waals surface area contributed by atoms with Gasteiger partial charge in [-0.2, -0.15) is 0 Å². The number of carbonyl (C=O) groups excluding carboxylic acids is 1. The molecule has 0 aliphatic heterocycles. The standard InChI is InChI=1S/C18H19BrN4O2S/c1-2-9-23(11-16(24)20-14-7-4-3-6-13(14)19)12-17-21-22-18(25-17)15-8-5-10-26-15/h3-8,10H,2,9,11-12H2,1H3,(H,20,24). The maximum absolute atomic E-state index is 12.4. The molecule has 26 heavy (non-hydrogen) atoms. The quantitative estimate of drug-likeness (QED) is 0.568. The van der Waals surface area contributed by atoms with Gasteiger partial charge in [0.05, 0.1) is 23.7 Å². The molecule has 8 heteroatoms. The molecule has 1 aromatic carbocycles. The van der Waals surface area contributed by atoms with Crippen LogP contribution >= 0.6 is 27.3 Å². The van der Waals surface area contributed by atoms with Crippen molar-refractivity contribution in [2.75, 3.05) is 18.4 Å². The molecular weight excluding hydrogens is 416 g/mol. The lowest BCUT2D eigenvalue weighted by atomic mass is 10.3. The number of thiophene rings is 1. The third kappa shape index (κ3) is 5.00. The molecule has 0 aliphatic rings. The number of nitrogens with zero attached hydrogens (tertiary/aromatic N) is 3. The van der Waals surface area contributed by atoms with Crippen LogP contribution < -0.4 is 5.32 Å². The van der Waals surface area contributed by atoms with Gasteiger partial charge >= 0.3 is 0 Å². The van der Waals surface area contributed by atoms with Gasteiger partial charge in [-0.25, -0.2) is 0 Å². The molecule has 136 valence electrons. The molecule has 1 amide bonds. The fraction of sp³-hybridized carbons (Fsp3) is 0.278. The fourth-order valence-corrected chi connectivity index (χ4v) is 3.52. The van der Waals surface area contributed by atoms with Gasteiger partial charge in [-0.15, -0.1) is 21.5 Å². The van der Waals surface area contributed by atoms with Crippen molar-refractivity contribution in [1.82, 2.24) is 15.1 Å². The van der Waals surface area contributed by atoms with Gasteiger partial charge in [-0.05, 0) is 52.5 Å². The summed E-state index contributed by atoms with van der Waals surface area (Å²) in [6, 6.07) is 11.4. The Bertz CT molecular complexity index is 851. The zero-order chi connectivity index (χ0) is 18.4. The van der Waals surface area contributed by atoms with Crippen LogP contribution in [0.25, 0.3) is 10.8 Å². The highest BCUT2D eigenvalue weighted by Gasteiger charge is 2.16. The molecule has 2 aromatic heterocycles. The highest BCUT2D eigenvalue weighted by atomic mass is 79.9. The first kappa shape index (κ1) is 18.8. The van der Waals surface area contributed by atoms with Crippen molar-refractivity contribution in [3.8, 4) is 10.8 Å². The van der Waals surface area contributed by atoms with E-state index in [1.807, 2.05) is 46.7 Å². The van der Waals surface area contributed by atoms with Crippen molar-refractivity contribution in [2.45, 2.75) is 19.9 Å². The lowest BCUT2D eigenvalue weighted by Gasteiger charge is -2.19. The smallest absolute Gasteiger partial charge is 0.257 e. The van der Waals surface area contributed by atoms with Crippen molar-refractivity contribution in [1.29, 1.82) is 0 Å². The van der Waals surface area contributed by atoms with E-state index in [9.17, 15) is 4.79 Å². The van der Waals surface area contributed by atoms with Crippen LogP contribution in [-0.4, -0.2) is 34.1 Å². The molecule has 0 unspecified atom stereocenters. The van der Waals surface area contributed by atoms with Gasteiger partial charge in [0.25, 0.3) is 5.89 Å². The summed E-state index contributed by atoms with van der Waals surface area (Å²) in [7, 11) is 0. The third-order valence-corrected chi connectivity index (χ3v) is 5.16. The van der Waals surface area contributed by atoms with Crippen LogP contribution in [0.5, 0.6) is 0 Å². The minimum absolute atomic E-state index is 0.0802. The lowest BCUT2D eigenvalue weighted by molar-refractivity contribution is -0.117. The van der Waals surface area contributed by atoms with Crippen LogP contribution in [0.15, 0.2) is 50.7 Å². The molecule has 0 spiro atoms. The zero-order valence-electron chi connectivity index (χ0n) is 14.3. The molecule has 0 bridgehead atoms. The minimum Gasteiger partial charge on any atom is -0.419 e. The first-order valence-corrected chi connectivity index (χ1v) is 9.96. The number of amides is 1. The van der Waals surface area contributed by atoms with Crippen molar-refractivity contribution in [2.24, 2.45) is 0 Å². The van der Waals surface area contributed by atoms with Crippen LogP contribution in [-0.2, 0) is 11.3 Å². The van der Waals surface area contributed by atoms with Crippen molar-refractivity contribution in [3.05, 3.63) is 52.1 Å². The van der Waals surface area contributed by atoms with E-state index in [4.69, 9.17) is 4.42 Å². The summed E-state index contributed by atoms with van der Waals surface area (Å²) >= 11 is 4.99. The van der Waals surface area contributed by atoms with E-state index in [-0.39, 0.29) is 12.5 Å². The van der Waals surface area contributed by atoms with Crippen LogP contribution in [0.2, 0.25) is 0 Å². The number of anilines is 1. The average molecular weight is 435 g/mol. The van der Waals surface area contributed by atoms with Gasteiger partial charge in [-0.3, -0.25) is 9.69 Å². The number of aromatic nitrogens is 2. The monoisotopic (exact) mass is 434 g/mol. The van der Waals surface area contributed by atoms with Gasteiger partial charge in [0, 0.05) is 4.47 Å². The normalized spacial score (nSPS) is 11.0. The molecular formula is C18H19BrN4O2S. The van der Waals surface area contributed by atoms with Gasteiger partial charge in [-0.1, -0.05) is 25.1 Å². The Morgan fingerprint density at radius 3 is 2.85 bits per heavy atom. The zero-order valence-corrected chi connectivity index (χ0v) is 16.7. The van der Waals surface area contributed by atoms with Crippen LogP contribution in [0.1, 0.15) is 19.2 Å². The molecule has 0 aliphatic carbocycles. The van der Waals surface area contributed by atoms with Crippen LogP contribution in [0.4, 0.5) is 5.69 Å². The molecule has 1 N–H and O–H groups in total. The summed E-state index contributed by atoms with van der Waals surface area (Å²) in [5.41, 5.74) is 0.756. The Labute approximate surface area is 164 Å². The summed E-state index contributed by atoms with van der Waals surface area (Å²) in [5, 5.41) is 13.1. The topological polar surface area (TPSA) is 71.3 Å². The summed E-state index contributed by atoms with van der Waals surface area (Å²) in [6.45, 7) is 3.53. The number of hydrogen-bond donors (Lipinski definition) is 1. The van der Waals surface area contributed by atoms with E-state index in [1.54, 1.807) is 11.3 Å². The van der Waals surface area contributed by atoms with Gasteiger partial charge < -0.3 is 9.73 Å². The summed E-state index contributed by atoms with van der Waals surface area (Å²) in [6.07, 6.45) is 0.925. The Balaban J connectivity index is 1.62. The van der Waals surface area contributed by atoms with E-state index in [2.05, 4.69) is 38.4 Å². The predicted molar refractivity (Wildman–Crippen MR) is 106 cm³/mol. The van der Waals surface area contributed by atoms with E-state index < -0.39 is 0 Å². The second-order valence-electron chi connectivity index (χ2n) is 5.72. The first-order valence-electron chi connectivity index (χ1n) is 8.28. The molecule has 3 rings (SSSR count). The summed E-state index contributed by atoms with van der Waals surface area (Å²) in [5.74, 6) is 0.947. The van der Waals surface area contributed by atoms with E-state index in [0.717, 1.165) is 28.0 Å². The molecule has 6 nitrogen and oxygen atoms in total. The third-order valence-electron chi connectivity index (χ3n) is 3.61. The highest BCUT2D eigenvalue weighted by molar-refractivity contribution is 9.10. The summed E-state index contributed by atoms with van der Waals surface area (Å²) < 4.78 is 6.59. The minimum atomic E-state index is -0.0802. The number of benzene rings is 1. The first-order chi connectivity index (χ1) is 12.7. The molecule has 0 radical (unpaired) electrons. The number of nitrogens with one attached hydrogen (secondary N) is 1. The molecule has 0 saturated heterocycles. The highest BCUT2D eigenvalue weighted by Crippen LogP contribution is 2.23. The molecule has 3 aromatic rings. The lowest BCUT2D eigenvalue weighted by Crippen LogP contribution is -2.33. The Morgan fingerprint density at radius 1 is 1.27 bits per heavy atom. The predicted octanol–water partition coefficient (Wildman–Crippen LogP) is 4.41. The Morgan fingerprint density at radius 2 is 2.12 bits per heavy atom. The van der Waals surface area contributed by atoms with E-state index >= 15 is 0 Å².